The fourth-order valence-corrected chi connectivity index (χ4v) is 11.7. The maximum Gasteiger partial charge on any atom is 0.337 e. The Balaban J connectivity index is 0.000000192. The van der Waals surface area contributed by atoms with E-state index in [4.69, 9.17) is 9.47 Å². The van der Waals surface area contributed by atoms with Crippen LogP contribution in [0.25, 0.3) is 0 Å². The summed E-state index contributed by atoms with van der Waals surface area (Å²) >= 11 is 3.28. The van der Waals surface area contributed by atoms with Crippen molar-refractivity contribution in [3.05, 3.63) is 119 Å². The molecule has 4 fully saturated rings. The highest BCUT2D eigenvalue weighted by Gasteiger charge is 2.39. The molecule has 4 aliphatic rings. The lowest BCUT2D eigenvalue weighted by Crippen LogP contribution is -2.46. The third-order valence-electron chi connectivity index (χ3n) is 14.8. The Morgan fingerprint density at radius 3 is 1.66 bits per heavy atom. The molecule has 4 aromatic rings. The predicted octanol–water partition coefficient (Wildman–Crippen LogP) is 14.0. The Bertz CT molecular complexity index is 2250. The topological polar surface area (TPSA) is 126 Å². The van der Waals surface area contributed by atoms with Crippen molar-refractivity contribution in [3.63, 3.8) is 0 Å². The van der Waals surface area contributed by atoms with Crippen LogP contribution < -0.4 is 10.6 Å². The predicted molar refractivity (Wildman–Crippen MR) is 277 cm³/mol. The largest absolute Gasteiger partial charge is 0.465 e. The number of isocyanates is 1. The van der Waals surface area contributed by atoms with Crippen LogP contribution in [0.1, 0.15) is 147 Å². The van der Waals surface area contributed by atoms with E-state index in [-0.39, 0.29) is 24.0 Å². The first kappa shape index (κ1) is 52.5. The zero-order valence-corrected chi connectivity index (χ0v) is 42.3. The number of carbonyl (C=O) groups excluding carboxylic acids is 4. The molecule has 8 rings (SSSR count). The number of hydrogen-bond donors (Lipinski definition) is 2. The van der Waals surface area contributed by atoms with E-state index >= 15 is 0 Å². The zero-order chi connectivity index (χ0) is 48.2. The number of benzene rings is 4. The van der Waals surface area contributed by atoms with Crippen molar-refractivity contribution in [2.24, 2.45) is 15.8 Å². The maximum atomic E-state index is 13.5. The van der Waals surface area contributed by atoms with Crippen LogP contribution in [0.15, 0.2) is 112 Å². The second-order valence-electron chi connectivity index (χ2n) is 19.1. The van der Waals surface area contributed by atoms with Gasteiger partial charge in [0.15, 0.2) is 0 Å². The first-order valence-corrected chi connectivity index (χ1v) is 27.1. The van der Waals surface area contributed by atoms with Crippen LogP contribution in [0.2, 0.25) is 0 Å². The Morgan fingerprint density at radius 1 is 0.647 bits per heavy atom. The number of anilines is 1. The van der Waals surface area contributed by atoms with E-state index in [0.717, 1.165) is 40.4 Å². The number of amides is 2. The number of nitrogens with zero attached hydrogens (tertiary/aromatic N) is 2. The Labute approximate surface area is 413 Å². The van der Waals surface area contributed by atoms with Gasteiger partial charge in [-0.1, -0.05) is 74.9 Å². The van der Waals surface area contributed by atoms with Gasteiger partial charge in [0, 0.05) is 40.7 Å². The number of nitrogens with one attached hydrogen (secondary N) is 2. The molecule has 4 aliphatic carbocycles. The van der Waals surface area contributed by atoms with Gasteiger partial charge in [0.25, 0.3) is 0 Å². The first-order chi connectivity index (χ1) is 33.1. The summed E-state index contributed by atoms with van der Waals surface area (Å²) in [5.41, 5.74) is 6.06. The van der Waals surface area contributed by atoms with Crippen LogP contribution in [-0.2, 0) is 27.4 Å². The molecule has 4 aromatic carbocycles. The van der Waals surface area contributed by atoms with E-state index in [9.17, 15) is 19.2 Å². The highest BCUT2D eigenvalue weighted by atomic mass is 32.2. The summed E-state index contributed by atoms with van der Waals surface area (Å²) < 4.78 is 9.55. The standard InChI is InChI=1S/C28H36N2O3S.C20H29NO2.C8H7NOS/c1-33-26(31)22-11-9-21(10-12-22)20-30(27(32)29-23-7-6-8-25(19-23)34-2)24-13-17-28(18-14-24)15-4-3-5-16-28;1-23-19(22)17-7-5-16(6-8-17)15-21-18-9-13-20(14-10-18)11-3-2-4-12-20;1-11-8-4-2-3-7(5-8)9-6-10/h6-12,19,24H,3-5,13-18,20H2,1-2H3,(H,29,32);5-8,18,21H,2-4,9-15H2,1H3;2-5H,1H3. The van der Waals surface area contributed by atoms with E-state index < -0.39 is 0 Å². The van der Waals surface area contributed by atoms with Gasteiger partial charge in [0.05, 0.1) is 31.0 Å². The summed E-state index contributed by atoms with van der Waals surface area (Å²) in [6.45, 7) is 1.41. The molecule has 364 valence electrons. The monoisotopic (exact) mass is 960 g/mol. The third kappa shape index (κ3) is 15.6. The number of aliphatic imine (C=N–C) groups is 1. The highest BCUT2D eigenvalue weighted by molar-refractivity contribution is 7.98. The van der Waals surface area contributed by atoms with Crippen LogP contribution in [0.5, 0.6) is 0 Å². The fourth-order valence-electron chi connectivity index (χ4n) is 10.8. The number of rotatable bonds is 12. The lowest BCUT2D eigenvalue weighted by atomic mass is 9.64. The van der Waals surface area contributed by atoms with Gasteiger partial charge < -0.3 is 25.0 Å². The second-order valence-corrected chi connectivity index (χ2v) is 20.8. The van der Waals surface area contributed by atoms with E-state index in [1.165, 1.54) is 129 Å². The number of methoxy groups -OCH3 is 2. The third-order valence-corrected chi connectivity index (χ3v) is 16.3. The van der Waals surface area contributed by atoms with E-state index in [2.05, 4.69) is 15.6 Å². The second kappa shape index (κ2) is 26.8. The fraction of sp³-hybridized carbons (Fsp3) is 0.500. The number of ether oxygens (including phenoxy) is 2. The molecule has 0 aliphatic heterocycles. The maximum absolute atomic E-state index is 13.5. The normalized spacial score (nSPS) is 18.3. The molecule has 2 spiro atoms. The average Bonchev–Trinajstić information content (AvgIpc) is 3.39. The van der Waals surface area contributed by atoms with Gasteiger partial charge in [-0.25, -0.2) is 19.2 Å². The molecule has 68 heavy (non-hydrogen) atoms. The summed E-state index contributed by atoms with van der Waals surface area (Å²) in [6.07, 6.45) is 29.6. The molecule has 2 N–H and O–H groups in total. The van der Waals surface area contributed by atoms with Gasteiger partial charge in [0.2, 0.25) is 6.08 Å². The molecular formula is C56H72N4O6S2. The lowest BCUT2D eigenvalue weighted by Gasteiger charge is -2.45. The number of hydrogen-bond acceptors (Lipinski definition) is 10. The van der Waals surface area contributed by atoms with Gasteiger partial charge in [0.1, 0.15) is 0 Å². The average molecular weight is 961 g/mol. The van der Waals surface area contributed by atoms with Crippen molar-refractivity contribution in [2.45, 2.75) is 151 Å². The van der Waals surface area contributed by atoms with Crippen LogP contribution in [0.3, 0.4) is 0 Å². The molecule has 0 radical (unpaired) electrons. The minimum atomic E-state index is -0.347. The summed E-state index contributed by atoms with van der Waals surface area (Å²) in [5, 5.41) is 6.85. The smallest absolute Gasteiger partial charge is 0.337 e. The van der Waals surface area contributed by atoms with Gasteiger partial charge in [-0.05, 0) is 172 Å². The van der Waals surface area contributed by atoms with Crippen LogP contribution in [0.4, 0.5) is 16.2 Å². The SMILES string of the molecule is COC(=O)c1ccc(CN(C(=O)Nc2cccc(SC)c2)C2CCC3(CCCCC3)CC2)cc1.COC(=O)c1ccc(CNC2CCC3(CCCCC3)CC2)cc1.CSc1cccc(N=C=O)c1. The number of thioether (sulfide) groups is 2. The summed E-state index contributed by atoms with van der Waals surface area (Å²) in [7, 11) is 2.80. The van der Waals surface area contributed by atoms with E-state index in [1.807, 2.05) is 96.3 Å². The molecule has 10 nitrogen and oxygen atoms in total. The van der Waals surface area contributed by atoms with Gasteiger partial charge in [-0.2, -0.15) is 4.99 Å². The Kier molecular flexibility index (Phi) is 20.7. The quantitative estimate of drug-likeness (QED) is 0.0618. The van der Waals surface area contributed by atoms with Crippen LogP contribution >= 0.6 is 23.5 Å². The van der Waals surface area contributed by atoms with Crippen LogP contribution in [0, 0.1) is 10.8 Å². The molecule has 4 saturated carbocycles. The summed E-state index contributed by atoms with van der Waals surface area (Å²) in [4.78, 5) is 54.4. The minimum Gasteiger partial charge on any atom is -0.465 e. The molecule has 12 heteroatoms. The minimum absolute atomic E-state index is 0.0557. The van der Waals surface area contributed by atoms with Crippen molar-refractivity contribution in [1.82, 2.24) is 10.2 Å². The molecule has 0 bridgehead atoms. The zero-order valence-electron chi connectivity index (χ0n) is 40.7. The molecule has 0 aromatic heterocycles. The highest BCUT2D eigenvalue weighted by Crippen LogP contribution is 2.49. The van der Waals surface area contributed by atoms with Crippen molar-refractivity contribution < 1.29 is 28.7 Å². The molecular weight excluding hydrogens is 889 g/mol. The lowest BCUT2D eigenvalue weighted by molar-refractivity contribution is 0.0592. The molecule has 0 unspecified atom stereocenters. The molecule has 0 heterocycles. The first-order valence-electron chi connectivity index (χ1n) is 24.6. The van der Waals surface area contributed by atoms with Gasteiger partial charge >= 0.3 is 18.0 Å². The molecule has 0 saturated heterocycles. The number of urea groups is 1. The van der Waals surface area contributed by atoms with Crippen molar-refractivity contribution in [1.29, 1.82) is 0 Å². The van der Waals surface area contributed by atoms with Gasteiger partial charge in [-0.3, -0.25) is 0 Å². The van der Waals surface area contributed by atoms with Crippen molar-refractivity contribution >= 4 is 58.9 Å². The van der Waals surface area contributed by atoms with Crippen LogP contribution in [-0.4, -0.2) is 67.8 Å². The Morgan fingerprint density at radius 2 is 1.15 bits per heavy atom. The summed E-state index contributed by atoms with van der Waals surface area (Å²) in [5.74, 6) is -0.616. The number of carbonyl (C=O) groups is 3. The Hall–Kier alpha value is -4.87. The van der Waals surface area contributed by atoms with Gasteiger partial charge in [-0.15, -0.1) is 23.5 Å². The van der Waals surface area contributed by atoms with E-state index in [0.29, 0.717) is 40.2 Å². The number of esters is 2. The molecule has 2 amide bonds. The summed E-state index contributed by atoms with van der Waals surface area (Å²) in [6, 6.07) is 31.4. The van der Waals surface area contributed by atoms with E-state index in [1.54, 1.807) is 41.7 Å². The van der Waals surface area contributed by atoms with Crippen molar-refractivity contribution in [2.75, 3.05) is 32.0 Å². The van der Waals surface area contributed by atoms with Crippen molar-refractivity contribution in [3.8, 4) is 0 Å². The molecule has 0 atom stereocenters.